The van der Waals surface area contributed by atoms with Crippen molar-refractivity contribution in [2.75, 3.05) is 18.5 Å². The lowest BCUT2D eigenvalue weighted by atomic mass is 9.97. The normalized spacial score (nSPS) is 16.8. The van der Waals surface area contributed by atoms with E-state index in [1.807, 2.05) is 6.07 Å². The van der Waals surface area contributed by atoms with Gasteiger partial charge in [0.15, 0.2) is 0 Å². The third-order valence-corrected chi connectivity index (χ3v) is 4.02. The van der Waals surface area contributed by atoms with Gasteiger partial charge in [0.05, 0.1) is 5.69 Å². The van der Waals surface area contributed by atoms with Gasteiger partial charge >= 0.3 is 0 Å². The van der Waals surface area contributed by atoms with E-state index < -0.39 is 0 Å². The van der Waals surface area contributed by atoms with Crippen LogP contribution in [0.1, 0.15) is 35.6 Å². The van der Waals surface area contributed by atoms with Crippen LogP contribution in [0.3, 0.4) is 0 Å². The summed E-state index contributed by atoms with van der Waals surface area (Å²) in [6, 6.07) is 10.4. The Labute approximate surface area is 129 Å². The molecule has 0 radical (unpaired) electrons. The molecule has 1 atom stereocenters. The molecule has 0 saturated carbocycles. The Morgan fingerprint density at radius 1 is 1.24 bits per heavy atom. The Morgan fingerprint density at radius 3 is 2.81 bits per heavy atom. The molecule has 4 nitrogen and oxygen atoms in total. The summed E-state index contributed by atoms with van der Waals surface area (Å²) in [4.78, 5) is 8.77. The zero-order chi connectivity index (χ0) is 14.7. The lowest BCUT2D eigenvalue weighted by Gasteiger charge is -2.13. The fourth-order valence-electron chi connectivity index (χ4n) is 2.87. The minimum absolute atomic E-state index is 0.167. The maximum atomic E-state index is 8.88. The van der Waals surface area contributed by atoms with Crippen LogP contribution in [0.25, 0.3) is 0 Å². The molecule has 0 saturated heterocycles. The van der Waals surface area contributed by atoms with Crippen molar-refractivity contribution in [1.29, 1.82) is 0 Å². The summed E-state index contributed by atoms with van der Waals surface area (Å²) in [5.74, 6) is 1.11. The van der Waals surface area contributed by atoms with Gasteiger partial charge in [0.2, 0.25) is 5.28 Å². The number of aliphatic hydroxyl groups excluding tert-OH is 1. The van der Waals surface area contributed by atoms with Crippen LogP contribution in [0.5, 0.6) is 0 Å². The molecular weight excluding hydrogens is 286 g/mol. The summed E-state index contributed by atoms with van der Waals surface area (Å²) in [6.07, 6.45) is 2.68. The van der Waals surface area contributed by atoms with Gasteiger partial charge in [0, 0.05) is 24.6 Å². The van der Waals surface area contributed by atoms with Gasteiger partial charge in [-0.3, -0.25) is 0 Å². The molecule has 1 aliphatic carbocycles. The van der Waals surface area contributed by atoms with E-state index in [1.54, 1.807) is 0 Å². The molecule has 0 amide bonds. The van der Waals surface area contributed by atoms with E-state index in [4.69, 9.17) is 16.7 Å². The quantitative estimate of drug-likeness (QED) is 0.658. The number of nitrogens with zero attached hydrogens (tertiary/aromatic N) is 2. The van der Waals surface area contributed by atoms with Crippen molar-refractivity contribution in [3.8, 4) is 0 Å². The van der Waals surface area contributed by atoms with Gasteiger partial charge in [0.1, 0.15) is 5.82 Å². The minimum Gasteiger partial charge on any atom is -0.396 e. The average molecular weight is 304 g/mol. The van der Waals surface area contributed by atoms with Crippen LogP contribution in [0.4, 0.5) is 5.82 Å². The van der Waals surface area contributed by atoms with E-state index in [1.165, 1.54) is 5.56 Å². The highest BCUT2D eigenvalue weighted by Gasteiger charge is 2.29. The number of fused-ring (bicyclic) bond motifs is 1. The number of nitrogens with one attached hydrogen (secondary N) is 1. The standard InChI is InChI=1S/C16H18ClN3O/c17-16-19-14-12(11-5-2-1-3-6-11)7-8-13(14)15(20-16)18-9-4-10-21/h1-3,5-6,12,21H,4,7-10H2,(H,18,19,20). The first-order chi connectivity index (χ1) is 10.3. The second kappa shape index (κ2) is 6.41. The van der Waals surface area contributed by atoms with Crippen LogP contribution in [0.2, 0.25) is 5.28 Å². The van der Waals surface area contributed by atoms with Crippen molar-refractivity contribution < 1.29 is 5.11 Å². The Kier molecular flexibility index (Phi) is 4.36. The van der Waals surface area contributed by atoms with Crippen LogP contribution in [-0.4, -0.2) is 28.2 Å². The molecule has 110 valence electrons. The molecule has 1 aromatic heterocycles. The molecule has 2 aromatic rings. The molecule has 2 N–H and O–H groups in total. The van der Waals surface area contributed by atoms with E-state index in [9.17, 15) is 0 Å². The van der Waals surface area contributed by atoms with Crippen molar-refractivity contribution in [3.63, 3.8) is 0 Å². The maximum Gasteiger partial charge on any atom is 0.224 e. The molecule has 1 unspecified atom stereocenters. The fourth-order valence-corrected chi connectivity index (χ4v) is 3.05. The van der Waals surface area contributed by atoms with Crippen LogP contribution < -0.4 is 5.32 Å². The van der Waals surface area contributed by atoms with E-state index in [-0.39, 0.29) is 11.9 Å². The van der Waals surface area contributed by atoms with Crippen molar-refractivity contribution >= 4 is 17.4 Å². The van der Waals surface area contributed by atoms with Gasteiger partial charge in [-0.1, -0.05) is 30.3 Å². The monoisotopic (exact) mass is 303 g/mol. The fraction of sp³-hybridized carbons (Fsp3) is 0.375. The van der Waals surface area contributed by atoms with Gasteiger partial charge in [-0.25, -0.2) is 9.97 Å². The summed E-state index contributed by atoms with van der Waals surface area (Å²) in [5, 5.41) is 12.4. The molecule has 1 heterocycles. The number of rotatable bonds is 5. The third kappa shape index (κ3) is 3.01. The van der Waals surface area contributed by atoms with Crippen molar-refractivity contribution in [2.24, 2.45) is 0 Å². The third-order valence-electron chi connectivity index (χ3n) is 3.85. The Morgan fingerprint density at radius 2 is 2.05 bits per heavy atom. The first-order valence-electron chi connectivity index (χ1n) is 7.25. The first-order valence-corrected chi connectivity index (χ1v) is 7.63. The Balaban J connectivity index is 1.92. The predicted molar refractivity (Wildman–Crippen MR) is 83.8 cm³/mol. The van der Waals surface area contributed by atoms with Gasteiger partial charge in [-0.2, -0.15) is 0 Å². The largest absolute Gasteiger partial charge is 0.396 e. The molecule has 21 heavy (non-hydrogen) atoms. The van der Waals surface area contributed by atoms with Crippen LogP contribution in [0.15, 0.2) is 30.3 Å². The Bertz CT molecular complexity index is 618. The zero-order valence-electron chi connectivity index (χ0n) is 11.7. The lowest BCUT2D eigenvalue weighted by Crippen LogP contribution is -2.09. The van der Waals surface area contributed by atoms with Crippen molar-refractivity contribution in [3.05, 3.63) is 52.4 Å². The number of anilines is 1. The number of halogens is 1. The van der Waals surface area contributed by atoms with E-state index in [0.717, 1.165) is 29.9 Å². The molecular formula is C16H18ClN3O. The smallest absolute Gasteiger partial charge is 0.224 e. The Hall–Kier alpha value is -1.65. The number of aliphatic hydroxyl groups is 1. The first kappa shape index (κ1) is 14.3. The number of hydrogen-bond acceptors (Lipinski definition) is 4. The van der Waals surface area contributed by atoms with Crippen LogP contribution >= 0.6 is 11.6 Å². The van der Waals surface area contributed by atoms with E-state index in [0.29, 0.717) is 18.9 Å². The predicted octanol–water partition coefficient (Wildman–Crippen LogP) is 3.00. The van der Waals surface area contributed by atoms with Crippen LogP contribution in [-0.2, 0) is 6.42 Å². The number of hydrogen-bond donors (Lipinski definition) is 2. The van der Waals surface area contributed by atoms with Gasteiger partial charge in [-0.05, 0) is 36.4 Å². The number of benzene rings is 1. The van der Waals surface area contributed by atoms with Crippen molar-refractivity contribution in [2.45, 2.75) is 25.2 Å². The zero-order valence-corrected chi connectivity index (χ0v) is 12.5. The number of aromatic nitrogens is 2. The van der Waals surface area contributed by atoms with E-state index >= 15 is 0 Å². The second-order valence-corrected chi connectivity index (χ2v) is 5.55. The summed E-state index contributed by atoms with van der Waals surface area (Å²) < 4.78 is 0. The highest BCUT2D eigenvalue weighted by Crippen LogP contribution is 2.39. The SMILES string of the molecule is OCCCNc1nc(Cl)nc2c1CCC2c1ccccc1. The van der Waals surface area contributed by atoms with E-state index in [2.05, 4.69) is 39.6 Å². The lowest BCUT2D eigenvalue weighted by molar-refractivity contribution is 0.292. The van der Waals surface area contributed by atoms with Gasteiger partial charge < -0.3 is 10.4 Å². The molecule has 1 aliphatic rings. The molecule has 3 rings (SSSR count). The highest BCUT2D eigenvalue weighted by atomic mass is 35.5. The summed E-state index contributed by atoms with van der Waals surface area (Å²) in [5.41, 5.74) is 3.46. The topological polar surface area (TPSA) is 58.0 Å². The summed E-state index contributed by atoms with van der Waals surface area (Å²) >= 11 is 6.08. The summed E-state index contributed by atoms with van der Waals surface area (Å²) in [6.45, 7) is 0.854. The highest BCUT2D eigenvalue weighted by molar-refractivity contribution is 6.28. The molecule has 5 heteroatoms. The van der Waals surface area contributed by atoms with Crippen LogP contribution in [0, 0.1) is 0 Å². The second-order valence-electron chi connectivity index (χ2n) is 5.21. The average Bonchev–Trinajstić information content (AvgIpc) is 2.92. The molecule has 1 aromatic carbocycles. The maximum absolute atomic E-state index is 8.88. The molecule has 0 aliphatic heterocycles. The van der Waals surface area contributed by atoms with Gasteiger partial charge in [0.25, 0.3) is 0 Å². The molecule has 0 spiro atoms. The van der Waals surface area contributed by atoms with Gasteiger partial charge in [-0.15, -0.1) is 0 Å². The van der Waals surface area contributed by atoms with Crippen molar-refractivity contribution in [1.82, 2.24) is 9.97 Å². The minimum atomic E-state index is 0.167. The molecule has 0 fully saturated rings. The molecule has 0 bridgehead atoms. The summed E-state index contributed by atoms with van der Waals surface area (Å²) in [7, 11) is 0.